The monoisotopic (exact) mass is 224 g/mol. The highest BCUT2D eigenvalue weighted by Gasteiger charge is 2.17. The number of halogens is 1. The molecule has 0 heterocycles. The van der Waals surface area contributed by atoms with Crippen molar-refractivity contribution in [2.75, 3.05) is 20.1 Å². The number of benzene rings is 1. The maximum atomic E-state index is 13.0. The summed E-state index contributed by atoms with van der Waals surface area (Å²) < 4.78 is 13.0. The summed E-state index contributed by atoms with van der Waals surface area (Å²) in [5, 5.41) is 0. The van der Waals surface area contributed by atoms with Crippen LogP contribution in [-0.2, 0) is 6.54 Å². The zero-order valence-electron chi connectivity index (χ0n) is 10.3. The Hall–Kier alpha value is -0.930. The van der Waals surface area contributed by atoms with Crippen LogP contribution in [0.4, 0.5) is 4.39 Å². The van der Waals surface area contributed by atoms with E-state index in [1.54, 1.807) is 12.1 Å². The average Bonchev–Trinajstić information content (AvgIpc) is 2.16. The van der Waals surface area contributed by atoms with Crippen LogP contribution in [0.3, 0.4) is 0 Å². The maximum absolute atomic E-state index is 13.0. The van der Waals surface area contributed by atoms with E-state index >= 15 is 0 Å². The van der Waals surface area contributed by atoms with Crippen molar-refractivity contribution >= 4 is 0 Å². The minimum Gasteiger partial charge on any atom is -0.330 e. The molecule has 0 radical (unpaired) electrons. The van der Waals surface area contributed by atoms with Crippen molar-refractivity contribution in [3.8, 4) is 0 Å². The number of hydrogen-bond donors (Lipinski definition) is 1. The number of nitrogens with zero attached hydrogens (tertiary/aromatic N) is 1. The van der Waals surface area contributed by atoms with Crippen LogP contribution in [-0.4, -0.2) is 25.0 Å². The van der Waals surface area contributed by atoms with Gasteiger partial charge in [-0.15, -0.1) is 0 Å². The molecule has 3 heteroatoms. The normalized spacial score (nSPS) is 12.1. The van der Waals surface area contributed by atoms with E-state index in [0.717, 1.165) is 18.7 Å². The highest BCUT2D eigenvalue weighted by molar-refractivity contribution is 5.16. The molecule has 0 unspecified atom stereocenters. The Morgan fingerprint density at radius 3 is 2.62 bits per heavy atom. The van der Waals surface area contributed by atoms with Gasteiger partial charge in [0.1, 0.15) is 5.82 Å². The van der Waals surface area contributed by atoms with Crippen LogP contribution in [0.2, 0.25) is 0 Å². The molecule has 0 aliphatic heterocycles. The van der Waals surface area contributed by atoms with E-state index in [1.807, 2.05) is 13.1 Å². The Balaban J connectivity index is 2.55. The van der Waals surface area contributed by atoms with E-state index in [0.29, 0.717) is 6.54 Å². The minimum atomic E-state index is -0.177. The topological polar surface area (TPSA) is 29.3 Å². The van der Waals surface area contributed by atoms with Crippen LogP contribution in [0.15, 0.2) is 24.3 Å². The van der Waals surface area contributed by atoms with Gasteiger partial charge in [-0.1, -0.05) is 26.0 Å². The first kappa shape index (κ1) is 13.1. The zero-order valence-corrected chi connectivity index (χ0v) is 10.3. The second-order valence-corrected chi connectivity index (χ2v) is 5.17. The largest absolute Gasteiger partial charge is 0.330 e. The van der Waals surface area contributed by atoms with Crippen molar-refractivity contribution in [3.63, 3.8) is 0 Å². The highest BCUT2D eigenvalue weighted by Crippen LogP contribution is 2.15. The summed E-state index contributed by atoms with van der Waals surface area (Å²) >= 11 is 0. The first-order valence-electron chi connectivity index (χ1n) is 5.56. The molecular formula is C13H21FN2. The van der Waals surface area contributed by atoms with Gasteiger partial charge in [-0.3, -0.25) is 0 Å². The standard InChI is InChI=1S/C13H21FN2/c1-13(2,9-15)10-16(3)8-11-5-4-6-12(14)7-11/h4-7H,8-10,15H2,1-3H3. The fraction of sp³-hybridized carbons (Fsp3) is 0.538. The molecule has 0 amide bonds. The molecule has 1 aromatic rings. The molecule has 0 aromatic heterocycles. The lowest BCUT2D eigenvalue weighted by Gasteiger charge is -2.29. The van der Waals surface area contributed by atoms with Gasteiger partial charge in [0.05, 0.1) is 0 Å². The van der Waals surface area contributed by atoms with Crippen LogP contribution >= 0.6 is 0 Å². The summed E-state index contributed by atoms with van der Waals surface area (Å²) in [6, 6.07) is 6.72. The fourth-order valence-electron chi connectivity index (χ4n) is 1.80. The Morgan fingerprint density at radius 1 is 1.38 bits per heavy atom. The molecular weight excluding hydrogens is 203 g/mol. The predicted octanol–water partition coefficient (Wildman–Crippen LogP) is 2.24. The molecule has 0 bridgehead atoms. The SMILES string of the molecule is CN(Cc1cccc(F)c1)CC(C)(C)CN. The summed E-state index contributed by atoms with van der Waals surface area (Å²) in [6.07, 6.45) is 0. The third-order valence-electron chi connectivity index (χ3n) is 2.59. The summed E-state index contributed by atoms with van der Waals surface area (Å²) in [5.74, 6) is -0.177. The van der Waals surface area contributed by atoms with Crippen LogP contribution in [0.25, 0.3) is 0 Å². The summed E-state index contributed by atoms with van der Waals surface area (Å²) in [4.78, 5) is 2.17. The zero-order chi connectivity index (χ0) is 12.2. The molecule has 0 spiro atoms. The minimum absolute atomic E-state index is 0.0993. The quantitative estimate of drug-likeness (QED) is 0.831. The number of nitrogens with two attached hydrogens (primary N) is 1. The molecule has 1 aromatic carbocycles. The molecule has 1 rings (SSSR count). The average molecular weight is 224 g/mol. The molecule has 0 atom stereocenters. The fourth-order valence-corrected chi connectivity index (χ4v) is 1.80. The maximum Gasteiger partial charge on any atom is 0.123 e. The van der Waals surface area contributed by atoms with Crippen LogP contribution in [0, 0.1) is 11.2 Å². The van der Waals surface area contributed by atoms with Gasteiger partial charge in [-0.2, -0.15) is 0 Å². The molecule has 2 N–H and O–H groups in total. The van der Waals surface area contributed by atoms with Gasteiger partial charge in [0, 0.05) is 13.1 Å². The molecule has 0 aliphatic carbocycles. The lowest BCUT2D eigenvalue weighted by molar-refractivity contribution is 0.210. The summed E-state index contributed by atoms with van der Waals surface area (Å²) in [6.45, 7) is 6.58. The third kappa shape index (κ3) is 4.29. The van der Waals surface area contributed by atoms with Crippen molar-refractivity contribution < 1.29 is 4.39 Å². The van der Waals surface area contributed by atoms with Gasteiger partial charge in [0.25, 0.3) is 0 Å². The smallest absolute Gasteiger partial charge is 0.123 e. The van der Waals surface area contributed by atoms with Crippen LogP contribution < -0.4 is 5.73 Å². The Bertz CT molecular complexity index is 336. The number of hydrogen-bond acceptors (Lipinski definition) is 2. The van der Waals surface area contributed by atoms with E-state index in [2.05, 4.69) is 18.7 Å². The Labute approximate surface area is 97.3 Å². The third-order valence-corrected chi connectivity index (χ3v) is 2.59. The molecule has 16 heavy (non-hydrogen) atoms. The van der Waals surface area contributed by atoms with Crippen molar-refractivity contribution in [3.05, 3.63) is 35.6 Å². The van der Waals surface area contributed by atoms with Gasteiger partial charge >= 0.3 is 0 Å². The molecule has 0 saturated heterocycles. The van der Waals surface area contributed by atoms with Crippen molar-refractivity contribution in [2.45, 2.75) is 20.4 Å². The predicted molar refractivity (Wildman–Crippen MR) is 65.6 cm³/mol. The van der Waals surface area contributed by atoms with E-state index in [4.69, 9.17) is 5.73 Å². The lowest BCUT2D eigenvalue weighted by Crippen LogP contribution is -2.36. The van der Waals surface area contributed by atoms with Crippen LogP contribution in [0.5, 0.6) is 0 Å². The Kier molecular flexibility index (Phi) is 4.44. The van der Waals surface area contributed by atoms with E-state index < -0.39 is 0 Å². The second-order valence-electron chi connectivity index (χ2n) is 5.17. The van der Waals surface area contributed by atoms with Crippen molar-refractivity contribution in [1.82, 2.24) is 4.90 Å². The van der Waals surface area contributed by atoms with Gasteiger partial charge in [0.2, 0.25) is 0 Å². The molecule has 90 valence electrons. The second kappa shape index (κ2) is 5.41. The lowest BCUT2D eigenvalue weighted by atomic mass is 9.93. The van der Waals surface area contributed by atoms with E-state index in [1.165, 1.54) is 6.07 Å². The van der Waals surface area contributed by atoms with Gasteiger partial charge < -0.3 is 10.6 Å². The van der Waals surface area contributed by atoms with Crippen LogP contribution in [0.1, 0.15) is 19.4 Å². The Morgan fingerprint density at radius 2 is 2.06 bits per heavy atom. The summed E-state index contributed by atoms with van der Waals surface area (Å²) in [5.41, 5.74) is 6.78. The van der Waals surface area contributed by atoms with Gasteiger partial charge in [-0.25, -0.2) is 4.39 Å². The van der Waals surface area contributed by atoms with Crippen molar-refractivity contribution in [1.29, 1.82) is 0 Å². The van der Waals surface area contributed by atoms with E-state index in [-0.39, 0.29) is 11.2 Å². The first-order chi connectivity index (χ1) is 7.43. The van der Waals surface area contributed by atoms with Gasteiger partial charge in [-0.05, 0) is 36.7 Å². The molecule has 0 fully saturated rings. The molecule has 0 saturated carbocycles. The first-order valence-corrected chi connectivity index (χ1v) is 5.56. The van der Waals surface area contributed by atoms with Gasteiger partial charge in [0.15, 0.2) is 0 Å². The highest BCUT2D eigenvalue weighted by atomic mass is 19.1. The van der Waals surface area contributed by atoms with E-state index in [9.17, 15) is 4.39 Å². The van der Waals surface area contributed by atoms with Crippen molar-refractivity contribution in [2.24, 2.45) is 11.1 Å². The molecule has 0 aliphatic rings. The molecule has 2 nitrogen and oxygen atoms in total. The number of rotatable bonds is 5. The summed E-state index contributed by atoms with van der Waals surface area (Å²) in [7, 11) is 2.03.